The van der Waals surface area contributed by atoms with E-state index in [2.05, 4.69) is 74.2 Å². The van der Waals surface area contributed by atoms with Crippen LogP contribution in [0.15, 0.2) is 49.3 Å². The summed E-state index contributed by atoms with van der Waals surface area (Å²) in [5.41, 5.74) is 4.07. The van der Waals surface area contributed by atoms with E-state index in [1.807, 2.05) is 77.4 Å². The summed E-state index contributed by atoms with van der Waals surface area (Å²) in [6.45, 7) is 19.6. The number of hydrogen-bond acceptors (Lipinski definition) is 4. The second kappa shape index (κ2) is 15.0. The normalized spacial score (nSPS) is 12.3. The predicted molar refractivity (Wildman–Crippen MR) is 168 cm³/mol. The van der Waals surface area contributed by atoms with Gasteiger partial charge in [0.2, 0.25) is 0 Å². The zero-order valence-electron chi connectivity index (χ0n) is 28.9. The van der Waals surface area contributed by atoms with E-state index in [-0.39, 0.29) is 21.7 Å². The minimum atomic E-state index is -2.54. The lowest BCUT2D eigenvalue weighted by Gasteiger charge is -2.14. The van der Waals surface area contributed by atoms with Gasteiger partial charge in [0.05, 0.1) is 23.8 Å². The van der Waals surface area contributed by atoms with Crippen molar-refractivity contribution in [1.82, 2.24) is 39.1 Å². The Bertz CT molecular complexity index is 1280. The summed E-state index contributed by atoms with van der Waals surface area (Å²) in [7, 11) is 3.88. The molecule has 4 aromatic rings. The average Bonchev–Trinajstić information content (AvgIpc) is 3.63. The van der Waals surface area contributed by atoms with Crippen LogP contribution in [-0.2, 0) is 35.8 Å². The molecule has 0 fully saturated rings. The van der Waals surface area contributed by atoms with Gasteiger partial charge in [0.1, 0.15) is 0 Å². The third-order valence-electron chi connectivity index (χ3n) is 6.30. The zero-order chi connectivity index (χ0) is 34.3. The molecule has 8 nitrogen and oxygen atoms in total. The number of rotatable bonds is 2. The predicted octanol–water partition coefficient (Wildman–Crippen LogP) is 8.59. The highest BCUT2D eigenvalue weighted by Gasteiger charge is 2.19. The van der Waals surface area contributed by atoms with Crippen molar-refractivity contribution in [3.63, 3.8) is 0 Å². The van der Waals surface area contributed by atoms with Crippen molar-refractivity contribution >= 4 is 0 Å². The molecule has 0 bridgehead atoms. The Balaban J connectivity index is 0.000000294. The van der Waals surface area contributed by atoms with Gasteiger partial charge >= 0.3 is 13.1 Å². The van der Waals surface area contributed by atoms with Gasteiger partial charge in [-0.3, -0.25) is 9.36 Å². The maximum Gasteiger partial charge on any atom is 0.333 e. The van der Waals surface area contributed by atoms with Crippen LogP contribution in [0.2, 0.25) is 0 Å². The molecule has 0 saturated heterocycles. The van der Waals surface area contributed by atoms with Crippen LogP contribution in [0.1, 0.15) is 119 Å². The van der Waals surface area contributed by atoms with Gasteiger partial charge in [-0.15, -0.1) is 0 Å². The molecule has 0 saturated carbocycles. The number of aryl methyl sites for hydroxylation is 2. The van der Waals surface area contributed by atoms with Gasteiger partial charge in [0, 0.05) is 49.7 Å². The monoisotopic (exact) mass is 624 g/mol. The molecule has 4 rings (SSSR count). The first kappa shape index (κ1) is 38.6. The summed E-state index contributed by atoms with van der Waals surface area (Å²) >= 11 is 0. The molecule has 0 radical (unpaired) electrons. The summed E-state index contributed by atoms with van der Waals surface area (Å²) in [5, 5.41) is 15.7. The molecule has 4 aromatic heterocycles. The van der Waals surface area contributed by atoms with Gasteiger partial charge in [-0.1, -0.05) is 83.1 Å². The van der Waals surface area contributed by atoms with Crippen LogP contribution in [0, 0.1) is 0 Å². The van der Waals surface area contributed by atoms with Crippen molar-refractivity contribution in [2.45, 2.75) is 118 Å². The molecule has 0 amide bonds. The molecular formula is C32H52F4N8. The molecule has 12 heteroatoms. The van der Waals surface area contributed by atoms with Gasteiger partial charge in [0.25, 0.3) is 0 Å². The van der Waals surface area contributed by atoms with Crippen molar-refractivity contribution in [3.05, 3.63) is 71.8 Å². The number of nitrogens with zero attached hydrogens (tertiary/aromatic N) is 8. The largest absolute Gasteiger partial charge is 0.333 e. The van der Waals surface area contributed by atoms with Gasteiger partial charge < -0.3 is 0 Å². The summed E-state index contributed by atoms with van der Waals surface area (Å²) in [6.07, 6.45) is 10.1. The Morgan fingerprint density at radius 3 is 1.18 bits per heavy atom. The lowest BCUT2D eigenvalue weighted by molar-refractivity contribution is 0.0556. The zero-order valence-corrected chi connectivity index (χ0v) is 28.9. The summed E-state index contributed by atoms with van der Waals surface area (Å²) in [5.74, 6) is 0. The molecule has 0 aliphatic rings. The topological polar surface area (TPSA) is 71.3 Å². The van der Waals surface area contributed by atoms with Gasteiger partial charge in [-0.25, -0.2) is 9.36 Å². The molecule has 0 N–H and O–H groups in total. The Kier molecular flexibility index (Phi) is 13.2. The SMILES string of the molecule is CC(C)(C)c1ccn(C(F)F)n1.CC(C)(C)c1cnn(C(F)F)c1.Cn1cc(C(C)(C)C)cn1.Cn1ccc(C(C)(C)C)n1. The van der Waals surface area contributed by atoms with E-state index in [0.29, 0.717) is 15.1 Å². The van der Waals surface area contributed by atoms with E-state index in [1.165, 1.54) is 24.2 Å². The van der Waals surface area contributed by atoms with Crippen LogP contribution in [-0.4, -0.2) is 39.1 Å². The van der Waals surface area contributed by atoms with E-state index in [4.69, 9.17) is 0 Å². The van der Waals surface area contributed by atoms with Crippen LogP contribution < -0.4 is 0 Å². The first-order chi connectivity index (χ1) is 19.8. The van der Waals surface area contributed by atoms with Gasteiger partial charge in [-0.05, 0) is 34.1 Å². The fourth-order valence-corrected chi connectivity index (χ4v) is 3.30. The smallest absolute Gasteiger partial charge is 0.276 e. The third-order valence-corrected chi connectivity index (χ3v) is 6.30. The molecule has 0 atom stereocenters. The van der Waals surface area contributed by atoms with E-state index >= 15 is 0 Å². The van der Waals surface area contributed by atoms with Crippen molar-refractivity contribution < 1.29 is 17.6 Å². The Morgan fingerprint density at radius 1 is 0.523 bits per heavy atom. The quantitative estimate of drug-likeness (QED) is 0.210. The van der Waals surface area contributed by atoms with Crippen LogP contribution in [0.4, 0.5) is 17.6 Å². The molecule has 0 spiro atoms. The minimum absolute atomic E-state index is 0.118. The Hall–Kier alpha value is -3.44. The van der Waals surface area contributed by atoms with Crippen molar-refractivity contribution in [3.8, 4) is 0 Å². The Morgan fingerprint density at radius 2 is 0.955 bits per heavy atom. The van der Waals surface area contributed by atoms with Crippen LogP contribution >= 0.6 is 0 Å². The Labute approximate surface area is 260 Å². The molecule has 44 heavy (non-hydrogen) atoms. The van der Waals surface area contributed by atoms with Crippen LogP contribution in [0.5, 0.6) is 0 Å². The lowest BCUT2D eigenvalue weighted by atomic mass is 9.90. The summed E-state index contributed by atoms with van der Waals surface area (Å²) < 4.78 is 53.3. The molecule has 0 aliphatic carbocycles. The highest BCUT2D eigenvalue weighted by atomic mass is 19.3. The second-order valence-electron chi connectivity index (χ2n) is 14.7. The number of aromatic nitrogens is 8. The average molecular weight is 625 g/mol. The lowest BCUT2D eigenvalue weighted by Crippen LogP contribution is -2.13. The molecule has 0 aliphatic heterocycles. The maximum atomic E-state index is 12.1. The fourth-order valence-electron chi connectivity index (χ4n) is 3.30. The van der Waals surface area contributed by atoms with Crippen molar-refractivity contribution in [1.29, 1.82) is 0 Å². The highest BCUT2D eigenvalue weighted by molar-refractivity contribution is 5.16. The van der Waals surface area contributed by atoms with Gasteiger partial charge in [0.15, 0.2) is 0 Å². The summed E-state index contributed by atoms with van der Waals surface area (Å²) in [4.78, 5) is 0. The molecule has 4 heterocycles. The molecule has 248 valence electrons. The van der Waals surface area contributed by atoms with E-state index in [9.17, 15) is 17.6 Å². The van der Waals surface area contributed by atoms with Crippen molar-refractivity contribution in [2.24, 2.45) is 14.1 Å². The molecule has 0 aromatic carbocycles. The number of hydrogen-bond donors (Lipinski definition) is 0. The van der Waals surface area contributed by atoms with Gasteiger partial charge in [-0.2, -0.15) is 38.0 Å². The summed E-state index contributed by atoms with van der Waals surface area (Å²) in [6, 6.07) is 3.67. The number of halogens is 4. The third kappa shape index (κ3) is 13.1. The van der Waals surface area contributed by atoms with E-state index in [1.54, 1.807) is 6.07 Å². The van der Waals surface area contributed by atoms with E-state index in [0.717, 1.165) is 11.3 Å². The van der Waals surface area contributed by atoms with Crippen LogP contribution in [0.25, 0.3) is 0 Å². The maximum absolute atomic E-state index is 12.1. The first-order valence-corrected chi connectivity index (χ1v) is 14.5. The molecule has 0 unspecified atom stereocenters. The standard InChI is InChI=1S/2C8H12F2N2.2C8H14N2/c1-8(2,3)6-4-11-12(5-6)7(9)10;1-8(2,3)6-4-5-12(11-6)7(9)10;1-8(2,3)7-5-9-10(4)6-7;1-8(2,3)7-5-6-10(4)9-7/h2*4-5,7H,1-3H3;2*5-6H,1-4H3. The number of alkyl halides is 4. The molecular weight excluding hydrogens is 572 g/mol. The van der Waals surface area contributed by atoms with Crippen LogP contribution in [0.3, 0.4) is 0 Å². The fraction of sp³-hybridized carbons (Fsp3) is 0.625. The highest BCUT2D eigenvalue weighted by Crippen LogP contribution is 2.23. The van der Waals surface area contributed by atoms with Crippen molar-refractivity contribution in [2.75, 3.05) is 0 Å². The second-order valence-corrected chi connectivity index (χ2v) is 14.7. The first-order valence-electron chi connectivity index (χ1n) is 14.5. The van der Waals surface area contributed by atoms with E-state index < -0.39 is 13.1 Å². The minimum Gasteiger partial charge on any atom is -0.276 e.